The monoisotopic (exact) mass is 297 g/mol. The summed E-state index contributed by atoms with van der Waals surface area (Å²) in [6.45, 7) is 2.58. The van der Waals surface area contributed by atoms with Crippen molar-refractivity contribution in [3.8, 4) is 0 Å². The Morgan fingerprint density at radius 1 is 1.54 bits per heavy atom. The smallest absolute Gasteiger partial charge is 0.220 e. The minimum atomic E-state index is 0. The third-order valence-corrected chi connectivity index (χ3v) is 2.38. The molecule has 0 radical (unpaired) electrons. The Bertz CT molecular complexity index is 190. The summed E-state index contributed by atoms with van der Waals surface area (Å²) in [5, 5.41) is 2.75. The number of nitrogens with one attached hydrogen (secondary N) is 1. The van der Waals surface area contributed by atoms with Crippen molar-refractivity contribution in [2.45, 2.75) is 32.6 Å². The zero-order valence-electron chi connectivity index (χ0n) is 7.84. The van der Waals surface area contributed by atoms with Crippen molar-refractivity contribution in [2.75, 3.05) is 6.54 Å². The van der Waals surface area contributed by atoms with Crippen molar-refractivity contribution in [3.05, 3.63) is 0 Å². The first-order valence-corrected chi connectivity index (χ1v) is 4.43. The van der Waals surface area contributed by atoms with Gasteiger partial charge in [-0.2, -0.15) is 0 Å². The molecule has 1 saturated carbocycles. The molecule has 0 heterocycles. The summed E-state index contributed by atoms with van der Waals surface area (Å²) in [5.41, 5.74) is 0.0427. The van der Waals surface area contributed by atoms with E-state index in [4.69, 9.17) is 0 Å². The van der Waals surface area contributed by atoms with E-state index in [2.05, 4.69) is 5.32 Å². The van der Waals surface area contributed by atoms with Gasteiger partial charge in [-0.05, 0) is 25.2 Å². The molecular weight excluding hydrogens is 281 g/mol. The molecule has 0 saturated heterocycles. The van der Waals surface area contributed by atoms with Gasteiger partial charge in [0.2, 0.25) is 5.91 Å². The molecule has 3 nitrogen and oxygen atoms in total. The van der Waals surface area contributed by atoms with Crippen LogP contribution in [-0.4, -0.2) is 18.7 Å². The van der Waals surface area contributed by atoms with Gasteiger partial charge in [-0.25, -0.2) is 0 Å². The van der Waals surface area contributed by atoms with E-state index < -0.39 is 0 Å². The van der Waals surface area contributed by atoms with Crippen LogP contribution in [0.25, 0.3) is 0 Å². The summed E-state index contributed by atoms with van der Waals surface area (Å²) in [7, 11) is 0. The first kappa shape index (κ1) is 12.9. The molecule has 76 valence electrons. The maximum atomic E-state index is 11.1. The highest BCUT2D eigenvalue weighted by molar-refractivity contribution is 14.0. The molecule has 0 aromatic rings. The third kappa shape index (κ3) is 4.06. The number of halogens is 1. The van der Waals surface area contributed by atoms with Gasteiger partial charge in [0.05, 0.1) is 0 Å². The van der Waals surface area contributed by atoms with Crippen molar-refractivity contribution in [2.24, 2.45) is 5.41 Å². The number of carbonyl (C=O) groups is 2. The molecule has 13 heavy (non-hydrogen) atoms. The van der Waals surface area contributed by atoms with Gasteiger partial charge in [-0.3, -0.25) is 4.79 Å². The van der Waals surface area contributed by atoms with Crippen molar-refractivity contribution in [3.63, 3.8) is 0 Å². The molecule has 1 N–H and O–H groups in total. The van der Waals surface area contributed by atoms with E-state index in [1.807, 2.05) is 6.92 Å². The van der Waals surface area contributed by atoms with Crippen LogP contribution in [0.1, 0.15) is 32.6 Å². The Hall–Kier alpha value is -0.130. The second kappa shape index (κ2) is 5.57. The lowest BCUT2D eigenvalue weighted by molar-refractivity contribution is -0.122. The van der Waals surface area contributed by atoms with E-state index in [1.54, 1.807) is 0 Å². The maximum Gasteiger partial charge on any atom is 0.220 e. The Labute approximate surface area is 95.7 Å². The number of hydrogen-bond donors (Lipinski definition) is 1. The van der Waals surface area contributed by atoms with Gasteiger partial charge in [0, 0.05) is 19.4 Å². The highest BCUT2D eigenvalue weighted by Gasteiger charge is 2.43. The summed E-state index contributed by atoms with van der Waals surface area (Å²) in [5.74, 6) is 0.0804. The Morgan fingerprint density at radius 2 is 2.15 bits per heavy atom. The second-order valence-electron chi connectivity index (χ2n) is 3.50. The fraction of sp³-hybridized carbons (Fsp3) is 0.778. The van der Waals surface area contributed by atoms with Crippen LogP contribution < -0.4 is 5.32 Å². The van der Waals surface area contributed by atoms with Gasteiger partial charge < -0.3 is 10.1 Å². The lowest BCUT2D eigenvalue weighted by Crippen LogP contribution is -2.25. The predicted octanol–water partition coefficient (Wildman–Crippen LogP) is 1.50. The molecule has 0 aromatic carbocycles. The van der Waals surface area contributed by atoms with E-state index >= 15 is 0 Å². The molecule has 1 rings (SSSR count). The lowest BCUT2D eigenvalue weighted by Gasteiger charge is -2.09. The zero-order valence-corrected chi connectivity index (χ0v) is 10.2. The van der Waals surface area contributed by atoms with Gasteiger partial charge in [0.25, 0.3) is 0 Å². The van der Waals surface area contributed by atoms with E-state index in [9.17, 15) is 9.59 Å². The summed E-state index contributed by atoms with van der Waals surface area (Å²) in [6.07, 6.45) is 4.06. The van der Waals surface area contributed by atoms with Crippen molar-refractivity contribution in [1.29, 1.82) is 0 Å². The number of hydrogen-bond acceptors (Lipinski definition) is 2. The van der Waals surface area contributed by atoms with Crippen LogP contribution in [0.15, 0.2) is 0 Å². The van der Waals surface area contributed by atoms with Crippen LogP contribution >= 0.6 is 24.0 Å². The van der Waals surface area contributed by atoms with Crippen LogP contribution in [0.4, 0.5) is 0 Å². The lowest BCUT2D eigenvalue weighted by atomic mass is 9.99. The average molecular weight is 297 g/mol. The molecule has 1 fully saturated rings. The van der Waals surface area contributed by atoms with Gasteiger partial charge in [0.1, 0.15) is 6.29 Å². The maximum absolute atomic E-state index is 11.1. The van der Waals surface area contributed by atoms with E-state index in [-0.39, 0.29) is 35.3 Å². The fourth-order valence-corrected chi connectivity index (χ4v) is 1.41. The van der Waals surface area contributed by atoms with Crippen LogP contribution in [0.2, 0.25) is 0 Å². The van der Waals surface area contributed by atoms with Crippen molar-refractivity contribution < 1.29 is 9.59 Å². The SMILES string of the molecule is CCNC(=O)CC1(CC=O)CC1.I. The van der Waals surface area contributed by atoms with E-state index in [1.165, 1.54) is 0 Å². The standard InChI is InChI=1S/C9H15NO2.HI/c1-2-10-8(12)7-9(3-4-9)5-6-11;/h6H,2-5,7H2,1H3,(H,10,12);1H. The van der Waals surface area contributed by atoms with Crippen LogP contribution in [0.5, 0.6) is 0 Å². The van der Waals surface area contributed by atoms with Crippen molar-refractivity contribution >= 4 is 36.2 Å². The molecule has 1 aliphatic carbocycles. The molecule has 0 aromatic heterocycles. The Balaban J connectivity index is 0.00000144. The number of carbonyl (C=O) groups excluding carboxylic acids is 2. The second-order valence-corrected chi connectivity index (χ2v) is 3.50. The highest BCUT2D eigenvalue weighted by Crippen LogP contribution is 2.51. The highest BCUT2D eigenvalue weighted by atomic mass is 127. The van der Waals surface area contributed by atoms with Gasteiger partial charge in [-0.15, -0.1) is 24.0 Å². The number of aldehydes is 1. The van der Waals surface area contributed by atoms with Gasteiger partial charge in [-0.1, -0.05) is 0 Å². The first-order chi connectivity index (χ1) is 5.72. The molecule has 4 heteroatoms. The van der Waals surface area contributed by atoms with E-state index in [0.717, 1.165) is 19.1 Å². The molecule has 0 bridgehead atoms. The zero-order chi connectivity index (χ0) is 9.03. The van der Waals surface area contributed by atoms with Crippen molar-refractivity contribution in [1.82, 2.24) is 5.32 Å². The third-order valence-electron chi connectivity index (χ3n) is 2.38. The van der Waals surface area contributed by atoms with Crippen LogP contribution in [0, 0.1) is 5.41 Å². The minimum absolute atomic E-state index is 0. The molecule has 1 amide bonds. The predicted molar refractivity (Wildman–Crippen MR) is 61.1 cm³/mol. The molecule has 0 aliphatic heterocycles. The average Bonchev–Trinajstić information content (AvgIpc) is 2.70. The Morgan fingerprint density at radius 3 is 2.54 bits per heavy atom. The quantitative estimate of drug-likeness (QED) is 0.617. The van der Waals surface area contributed by atoms with Gasteiger partial charge in [0.15, 0.2) is 0 Å². The molecular formula is C9H16INO2. The van der Waals surface area contributed by atoms with Gasteiger partial charge >= 0.3 is 0 Å². The minimum Gasteiger partial charge on any atom is -0.356 e. The molecule has 0 unspecified atom stereocenters. The van der Waals surface area contributed by atoms with Crippen LogP contribution in [-0.2, 0) is 9.59 Å². The molecule has 0 atom stereocenters. The topological polar surface area (TPSA) is 46.2 Å². The normalized spacial score (nSPS) is 17.0. The number of rotatable bonds is 5. The Kier molecular flexibility index (Phi) is 5.51. The summed E-state index contributed by atoms with van der Waals surface area (Å²) in [6, 6.07) is 0. The summed E-state index contributed by atoms with van der Waals surface area (Å²) in [4.78, 5) is 21.4. The summed E-state index contributed by atoms with van der Waals surface area (Å²) >= 11 is 0. The van der Waals surface area contributed by atoms with Crippen LogP contribution in [0.3, 0.4) is 0 Å². The number of amides is 1. The largest absolute Gasteiger partial charge is 0.356 e. The first-order valence-electron chi connectivity index (χ1n) is 4.43. The fourth-order valence-electron chi connectivity index (χ4n) is 1.41. The molecule has 1 aliphatic rings. The van der Waals surface area contributed by atoms with E-state index in [0.29, 0.717) is 19.4 Å². The molecule has 0 spiro atoms. The summed E-state index contributed by atoms with van der Waals surface area (Å²) < 4.78 is 0.